The molecule has 6 heteroatoms. The van der Waals surface area contributed by atoms with Crippen molar-refractivity contribution in [2.24, 2.45) is 0 Å². The number of amides is 2. The Balaban J connectivity index is 1.97. The number of hydrogen-bond donors (Lipinski definition) is 2. The molecule has 1 atom stereocenters. The first kappa shape index (κ1) is 12.6. The molecule has 98 valence electrons. The van der Waals surface area contributed by atoms with E-state index in [-0.39, 0.29) is 11.7 Å². The summed E-state index contributed by atoms with van der Waals surface area (Å²) in [6, 6.07) is 3.70. The summed E-state index contributed by atoms with van der Waals surface area (Å²) in [4.78, 5) is 11.6. The minimum absolute atomic E-state index is 0.0151. The summed E-state index contributed by atoms with van der Waals surface area (Å²) in [5, 5.41) is 5.16. The topological polar surface area (TPSA) is 59.6 Å². The first-order valence-electron chi connectivity index (χ1n) is 5.68. The van der Waals surface area contributed by atoms with Crippen molar-refractivity contribution in [3.63, 3.8) is 0 Å². The number of ether oxygens (including phenoxy) is 2. The molecule has 0 aliphatic carbocycles. The maximum atomic E-state index is 13.5. The van der Waals surface area contributed by atoms with Gasteiger partial charge >= 0.3 is 6.03 Å². The summed E-state index contributed by atoms with van der Waals surface area (Å²) >= 11 is 0. The van der Waals surface area contributed by atoms with Crippen LogP contribution in [-0.2, 0) is 4.74 Å². The summed E-state index contributed by atoms with van der Waals surface area (Å²) in [6.45, 7) is 1.13. The highest BCUT2D eigenvalue weighted by molar-refractivity contribution is 5.89. The summed E-state index contributed by atoms with van der Waals surface area (Å²) in [5.74, 6) is -0.0236. The minimum atomic E-state index is -0.506. The molecule has 0 aromatic heterocycles. The van der Waals surface area contributed by atoms with E-state index >= 15 is 0 Å². The van der Waals surface area contributed by atoms with Gasteiger partial charge in [-0.3, -0.25) is 0 Å². The molecule has 0 bridgehead atoms. The zero-order valence-corrected chi connectivity index (χ0v) is 10.0. The first-order valence-corrected chi connectivity index (χ1v) is 5.68. The van der Waals surface area contributed by atoms with Crippen LogP contribution in [0.4, 0.5) is 14.9 Å². The second kappa shape index (κ2) is 5.68. The van der Waals surface area contributed by atoms with E-state index in [9.17, 15) is 9.18 Å². The lowest BCUT2D eigenvalue weighted by Crippen LogP contribution is -2.38. The summed E-state index contributed by atoms with van der Waals surface area (Å²) in [7, 11) is 1.48. The standard InChI is InChI=1S/C12H15FN2O3/c1-17-9-2-3-10(13)11(6-9)15-12(16)14-8-4-5-18-7-8/h2-3,6,8H,4-5,7H2,1H3,(H2,14,15,16). The Morgan fingerprint density at radius 1 is 1.56 bits per heavy atom. The van der Waals surface area contributed by atoms with Gasteiger partial charge in [0.1, 0.15) is 11.6 Å². The molecule has 1 unspecified atom stereocenters. The van der Waals surface area contributed by atoms with Gasteiger partial charge < -0.3 is 20.1 Å². The maximum absolute atomic E-state index is 13.5. The van der Waals surface area contributed by atoms with Crippen LogP contribution in [0.2, 0.25) is 0 Å². The Hall–Kier alpha value is -1.82. The van der Waals surface area contributed by atoms with E-state index in [2.05, 4.69) is 10.6 Å². The molecule has 0 spiro atoms. The van der Waals surface area contributed by atoms with Crippen LogP contribution >= 0.6 is 0 Å². The van der Waals surface area contributed by atoms with E-state index in [1.54, 1.807) is 0 Å². The predicted octanol–water partition coefficient (Wildman–Crippen LogP) is 1.74. The highest BCUT2D eigenvalue weighted by atomic mass is 19.1. The van der Waals surface area contributed by atoms with Crippen LogP contribution in [0.1, 0.15) is 6.42 Å². The lowest BCUT2D eigenvalue weighted by molar-refractivity contribution is 0.189. The van der Waals surface area contributed by atoms with Gasteiger partial charge in [-0.2, -0.15) is 0 Å². The number of anilines is 1. The average molecular weight is 254 g/mol. The van der Waals surface area contributed by atoms with Crippen LogP contribution in [0, 0.1) is 5.82 Å². The zero-order chi connectivity index (χ0) is 13.0. The molecule has 18 heavy (non-hydrogen) atoms. The summed E-state index contributed by atoms with van der Waals surface area (Å²) in [6.07, 6.45) is 0.772. The lowest BCUT2D eigenvalue weighted by Gasteiger charge is -2.12. The third kappa shape index (κ3) is 3.10. The van der Waals surface area contributed by atoms with Crippen LogP contribution in [0.15, 0.2) is 18.2 Å². The Bertz CT molecular complexity index is 433. The molecular weight excluding hydrogens is 239 g/mol. The Kier molecular flexibility index (Phi) is 3.99. The van der Waals surface area contributed by atoms with Crippen molar-refractivity contribution in [1.82, 2.24) is 5.32 Å². The van der Waals surface area contributed by atoms with Gasteiger partial charge in [-0.25, -0.2) is 9.18 Å². The molecule has 0 saturated carbocycles. The van der Waals surface area contributed by atoms with E-state index < -0.39 is 11.8 Å². The largest absolute Gasteiger partial charge is 0.497 e. The zero-order valence-electron chi connectivity index (χ0n) is 10.0. The van der Waals surface area contributed by atoms with Crippen LogP contribution < -0.4 is 15.4 Å². The number of halogens is 1. The molecular formula is C12H15FN2O3. The molecule has 1 aliphatic rings. The van der Waals surface area contributed by atoms with E-state index in [1.165, 1.54) is 25.3 Å². The van der Waals surface area contributed by atoms with E-state index in [1.807, 2.05) is 0 Å². The predicted molar refractivity (Wildman–Crippen MR) is 64.3 cm³/mol. The second-order valence-electron chi connectivity index (χ2n) is 4.00. The van der Waals surface area contributed by atoms with Crippen molar-refractivity contribution >= 4 is 11.7 Å². The van der Waals surface area contributed by atoms with Crippen molar-refractivity contribution < 1.29 is 18.7 Å². The number of methoxy groups -OCH3 is 1. The lowest BCUT2D eigenvalue weighted by atomic mass is 10.2. The van der Waals surface area contributed by atoms with Crippen molar-refractivity contribution in [1.29, 1.82) is 0 Å². The van der Waals surface area contributed by atoms with Gasteiger partial charge in [0.15, 0.2) is 0 Å². The van der Waals surface area contributed by atoms with Crippen LogP contribution in [0.25, 0.3) is 0 Å². The SMILES string of the molecule is COc1ccc(F)c(NC(=O)NC2CCOC2)c1. The molecule has 1 aromatic rings. The fraction of sp³-hybridized carbons (Fsp3) is 0.417. The number of carbonyl (C=O) groups is 1. The first-order chi connectivity index (χ1) is 8.69. The number of hydrogen-bond acceptors (Lipinski definition) is 3. The Morgan fingerprint density at radius 2 is 2.39 bits per heavy atom. The number of rotatable bonds is 3. The number of nitrogens with one attached hydrogen (secondary N) is 2. The minimum Gasteiger partial charge on any atom is -0.497 e. The molecule has 2 N–H and O–H groups in total. The molecule has 1 saturated heterocycles. The van der Waals surface area contributed by atoms with Gasteiger partial charge in [-0.1, -0.05) is 0 Å². The van der Waals surface area contributed by atoms with E-state index in [4.69, 9.17) is 9.47 Å². The molecule has 0 radical (unpaired) electrons. The van der Waals surface area contributed by atoms with Gasteiger partial charge in [0.25, 0.3) is 0 Å². The average Bonchev–Trinajstić information content (AvgIpc) is 2.84. The third-order valence-electron chi connectivity index (χ3n) is 2.69. The van der Waals surface area contributed by atoms with Crippen molar-refractivity contribution in [3.8, 4) is 5.75 Å². The van der Waals surface area contributed by atoms with E-state index in [0.29, 0.717) is 19.0 Å². The number of urea groups is 1. The normalized spacial score (nSPS) is 18.4. The molecule has 1 aliphatic heterocycles. The van der Waals surface area contributed by atoms with Gasteiger partial charge in [-0.05, 0) is 18.6 Å². The number of benzene rings is 1. The van der Waals surface area contributed by atoms with Crippen LogP contribution in [0.3, 0.4) is 0 Å². The highest BCUT2D eigenvalue weighted by Gasteiger charge is 2.18. The smallest absolute Gasteiger partial charge is 0.319 e. The van der Waals surface area contributed by atoms with Crippen molar-refractivity contribution in [2.45, 2.75) is 12.5 Å². The fourth-order valence-corrected chi connectivity index (χ4v) is 1.72. The molecule has 2 rings (SSSR count). The maximum Gasteiger partial charge on any atom is 0.319 e. The quantitative estimate of drug-likeness (QED) is 0.863. The van der Waals surface area contributed by atoms with E-state index in [0.717, 1.165) is 6.42 Å². The number of carbonyl (C=O) groups excluding carboxylic acids is 1. The van der Waals surface area contributed by atoms with Crippen molar-refractivity contribution in [3.05, 3.63) is 24.0 Å². The van der Waals surface area contributed by atoms with Gasteiger partial charge in [0.2, 0.25) is 0 Å². The molecule has 1 fully saturated rings. The van der Waals surface area contributed by atoms with Gasteiger partial charge in [-0.15, -0.1) is 0 Å². The second-order valence-corrected chi connectivity index (χ2v) is 4.00. The highest BCUT2D eigenvalue weighted by Crippen LogP contribution is 2.20. The Morgan fingerprint density at radius 3 is 3.06 bits per heavy atom. The Labute approximate surface area is 104 Å². The van der Waals surface area contributed by atoms with Gasteiger partial charge in [0.05, 0.1) is 25.4 Å². The molecule has 5 nitrogen and oxygen atoms in total. The fourth-order valence-electron chi connectivity index (χ4n) is 1.72. The third-order valence-corrected chi connectivity index (χ3v) is 2.69. The van der Waals surface area contributed by atoms with Gasteiger partial charge in [0, 0.05) is 12.7 Å². The van der Waals surface area contributed by atoms with Crippen LogP contribution in [0.5, 0.6) is 5.75 Å². The summed E-state index contributed by atoms with van der Waals surface area (Å²) < 4.78 is 23.6. The van der Waals surface area contributed by atoms with Crippen molar-refractivity contribution in [2.75, 3.05) is 25.6 Å². The molecule has 1 aromatic carbocycles. The molecule has 2 amide bonds. The monoisotopic (exact) mass is 254 g/mol. The summed E-state index contributed by atoms with van der Waals surface area (Å²) in [5.41, 5.74) is 0.0887. The molecule has 1 heterocycles. The van der Waals surface area contributed by atoms with Crippen LogP contribution in [-0.4, -0.2) is 32.4 Å².